The van der Waals surface area contributed by atoms with Crippen molar-refractivity contribution >= 4 is 56.1 Å². The summed E-state index contributed by atoms with van der Waals surface area (Å²) in [6.45, 7) is 6.31. The van der Waals surface area contributed by atoms with Gasteiger partial charge in [0.25, 0.3) is 5.97 Å². The number of likely N-dealkylation sites (N-methyl/N-ethyl adjacent to an activating group) is 3. The number of carbonyl (C=O) groups excluding carboxylic acids is 6. The summed E-state index contributed by atoms with van der Waals surface area (Å²) >= 11 is 0. The van der Waals surface area contributed by atoms with Crippen LogP contribution in [-0.2, 0) is 74.7 Å². The largest absolute Gasteiger partial charge is 0.520 e. The van der Waals surface area contributed by atoms with E-state index in [0.717, 1.165) is 94.6 Å². The number of carboxylic acids is 2. The molecule has 0 unspecified atom stereocenters. The highest BCUT2D eigenvalue weighted by Gasteiger charge is 2.39. The number of fused-ring (bicyclic) bond motifs is 9. The van der Waals surface area contributed by atoms with Crippen molar-refractivity contribution in [3.63, 3.8) is 0 Å². The predicted octanol–water partition coefficient (Wildman–Crippen LogP) is 18.6. The Balaban J connectivity index is 0.000000164. The lowest BCUT2D eigenvalue weighted by Crippen LogP contribution is -2.46. The molecule has 0 spiro atoms. The Morgan fingerprint density at radius 3 is 0.784 bits per heavy atom. The topological polar surface area (TPSA) is 224 Å². The van der Waals surface area contributed by atoms with Gasteiger partial charge in [0.1, 0.15) is 25.9 Å². The molecule has 592 valence electrons. The average Bonchev–Trinajstić information content (AvgIpc) is 1.63. The molecule has 14 rings (SSSR count). The highest BCUT2D eigenvalue weighted by Crippen LogP contribution is 2.47. The highest BCUT2D eigenvalue weighted by atomic mass is 28.4. The Kier molecular flexibility index (Phi) is 27.7. The lowest BCUT2D eigenvalue weighted by molar-refractivity contribution is -0.144. The summed E-state index contributed by atoms with van der Waals surface area (Å²) < 4.78 is 23.2. The molecule has 0 aliphatic heterocycles. The van der Waals surface area contributed by atoms with Crippen molar-refractivity contribution in [2.45, 2.75) is 100 Å². The number of hydrogen-bond donors (Lipinski definition) is 2. The van der Waals surface area contributed by atoms with E-state index < -0.39 is 68.5 Å². The summed E-state index contributed by atoms with van der Waals surface area (Å²) in [6, 6.07) is 93.3. The molecule has 0 radical (unpaired) electrons. The zero-order chi connectivity index (χ0) is 81.8. The summed E-state index contributed by atoms with van der Waals surface area (Å²) in [4.78, 5) is 109. The molecular formula is C98H97N3O14Si. The van der Waals surface area contributed by atoms with Gasteiger partial charge < -0.3 is 38.6 Å². The first-order chi connectivity index (χ1) is 56.1. The second kappa shape index (κ2) is 38.8. The van der Waals surface area contributed by atoms with Crippen LogP contribution in [0.5, 0.6) is 0 Å². The quantitative estimate of drug-likeness (QED) is 0.0329. The smallest absolute Gasteiger partial charge is 0.410 e. The van der Waals surface area contributed by atoms with Crippen LogP contribution in [0.15, 0.2) is 297 Å². The van der Waals surface area contributed by atoms with Crippen LogP contribution in [0.1, 0.15) is 91.8 Å². The number of rotatable bonds is 29. The summed E-state index contributed by atoms with van der Waals surface area (Å²) in [5.41, 5.74) is 18.0. The minimum atomic E-state index is -2.20. The van der Waals surface area contributed by atoms with Gasteiger partial charge in [0, 0.05) is 71.0 Å². The Morgan fingerprint density at radius 2 is 0.526 bits per heavy atom. The SMILES string of the molecule is CN(C(=O)OCC1c2ccccc2-c2ccccc21)[C@@H](Cc1ccccc1)C(=O)C[C@@H](Cc1ccccc1)C(=O)O.CN(C(=O)OCC1c2ccccc2-c2ccccc21)[C@@H](Cc1ccccc1)C(=O)C[C@@H](Cc1ccccc1)C(=O)O[Si](C)(C)C.CN(C(=O)OCC1c2ccccc2-c2ccccc21)[C@@H](Cc1ccccc1)C(=O)O. The number of nitrogens with zero attached hydrogens (tertiary/aromatic N) is 3. The fraction of sp³-hybridized carbons (Fsp3) is 0.245. The van der Waals surface area contributed by atoms with Gasteiger partial charge in [-0.05, 0) is 127 Å². The average molecular weight is 1570 g/mol. The van der Waals surface area contributed by atoms with Crippen molar-refractivity contribution in [2.24, 2.45) is 11.8 Å². The van der Waals surface area contributed by atoms with E-state index in [9.17, 15) is 48.6 Å². The minimum absolute atomic E-state index is 0.0449. The van der Waals surface area contributed by atoms with Crippen LogP contribution in [0.2, 0.25) is 19.6 Å². The van der Waals surface area contributed by atoms with Crippen LogP contribution in [0.3, 0.4) is 0 Å². The predicted molar refractivity (Wildman–Crippen MR) is 452 cm³/mol. The van der Waals surface area contributed by atoms with Gasteiger partial charge in [-0.1, -0.05) is 297 Å². The number of Topliss-reactive ketones (excluding diaryl/α,β-unsaturated/α-hetero) is 2. The summed E-state index contributed by atoms with van der Waals surface area (Å²) in [5.74, 6) is -4.81. The van der Waals surface area contributed by atoms with E-state index in [1.165, 1.54) is 21.7 Å². The lowest BCUT2D eigenvalue weighted by Gasteiger charge is -2.29. The molecule has 2 N–H and O–H groups in total. The molecule has 3 aliphatic rings. The number of amides is 3. The van der Waals surface area contributed by atoms with Gasteiger partial charge in [-0.2, -0.15) is 0 Å². The van der Waals surface area contributed by atoms with E-state index >= 15 is 0 Å². The fourth-order valence-corrected chi connectivity index (χ4v) is 16.5. The molecule has 0 saturated carbocycles. The second-order valence-electron chi connectivity index (χ2n) is 30.7. The van der Waals surface area contributed by atoms with Crippen molar-refractivity contribution in [3.05, 3.63) is 358 Å². The van der Waals surface area contributed by atoms with Crippen molar-refractivity contribution in [3.8, 4) is 33.4 Å². The Hall–Kier alpha value is -12.8. The maximum Gasteiger partial charge on any atom is 0.410 e. The molecule has 3 amide bonds. The first-order valence-corrected chi connectivity index (χ1v) is 42.7. The van der Waals surface area contributed by atoms with Crippen LogP contribution in [-0.4, -0.2) is 140 Å². The van der Waals surface area contributed by atoms with Crippen molar-refractivity contribution in [1.29, 1.82) is 0 Å². The third-order valence-electron chi connectivity index (χ3n) is 21.8. The Labute approximate surface area is 679 Å². The van der Waals surface area contributed by atoms with Crippen molar-refractivity contribution < 1.29 is 67.2 Å². The zero-order valence-corrected chi connectivity index (χ0v) is 67.1. The van der Waals surface area contributed by atoms with Gasteiger partial charge in [-0.25, -0.2) is 19.2 Å². The van der Waals surface area contributed by atoms with Gasteiger partial charge in [0.15, 0.2) is 11.6 Å². The van der Waals surface area contributed by atoms with E-state index in [-0.39, 0.29) is 87.2 Å². The second-order valence-corrected chi connectivity index (χ2v) is 35.1. The molecule has 116 heavy (non-hydrogen) atoms. The molecule has 11 aromatic rings. The molecular weight excluding hydrogens is 1470 g/mol. The molecule has 18 heteroatoms. The molecule has 17 nitrogen and oxygen atoms in total. The van der Waals surface area contributed by atoms with Crippen LogP contribution in [0.4, 0.5) is 14.4 Å². The number of hydrogen-bond acceptors (Lipinski definition) is 12. The van der Waals surface area contributed by atoms with Crippen LogP contribution in [0.25, 0.3) is 33.4 Å². The minimum Gasteiger partial charge on any atom is -0.520 e. The van der Waals surface area contributed by atoms with E-state index in [0.29, 0.717) is 12.8 Å². The van der Waals surface area contributed by atoms with E-state index in [1.807, 2.05) is 256 Å². The van der Waals surface area contributed by atoms with E-state index in [2.05, 4.69) is 60.7 Å². The summed E-state index contributed by atoms with van der Waals surface area (Å²) in [6.07, 6.45) is -0.667. The molecule has 11 aromatic carbocycles. The maximum atomic E-state index is 14.1. The summed E-state index contributed by atoms with van der Waals surface area (Å²) in [5, 5.41) is 19.6. The Morgan fingerprint density at radius 1 is 0.302 bits per heavy atom. The number of carbonyl (C=O) groups is 8. The molecule has 0 bridgehead atoms. The standard InChI is InChI=1S/C38H41NO5Si.C35H33NO5.C25H23NO4/c1-39(38(42)43-26-34-32-21-13-11-19-30(32)31-20-12-14-22-33(31)34)35(24-28-17-9-6-10-18-28)36(40)25-29(37(41)44-45(2,3)4)23-27-15-7-5-8-16-27;1-36(35(40)41-23-31-29-18-10-8-16-27(29)28-17-9-11-19-30(28)31)32(21-25-14-6-3-7-15-25)33(37)22-26(34(38)39)20-24-12-4-2-5-13-24;1-26(23(24(27)28)15-17-9-3-2-4-10-17)25(29)30-16-22-20-13-7-5-11-18(20)19-12-6-8-14-21(19)22/h5-22,29,34-35H,23-26H2,1-4H3;2-19,26,31-32H,20-23H2,1H3,(H,38,39);2-14,22-23H,15-16H2,1H3,(H,27,28)/t29-,35+;26-,32+;23-/m110/s1. The summed E-state index contributed by atoms with van der Waals surface area (Å²) in [7, 11) is 2.44. The number of benzene rings is 11. The maximum absolute atomic E-state index is 14.1. The fourth-order valence-electron chi connectivity index (χ4n) is 15.7. The normalized spacial score (nSPS) is 13.5. The molecule has 3 aliphatic carbocycles. The molecule has 0 heterocycles. The number of aliphatic carboxylic acids is 2. The molecule has 0 aromatic heterocycles. The van der Waals surface area contributed by atoms with Crippen molar-refractivity contribution in [2.75, 3.05) is 41.0 Å². The zero-order valence-electron chi connectivity index (χ0n) is 66.1. The van der Waals surface area contributed by atoms with Crippen LogP contribution >= 0.6 is 0 Å². The first-order valence-electron chi connectivity index (χ1n) is 39.3. The lowest BCUT2D eigenvalue weighted by atomic mass is 9.90. The Bertz CT molecular complexity index is 5100. The highest BCUT2D eigenvalue weighted by molar-refractivity contribution is 6.71. The van der Waals surface area contributed by atoms with Crippen LogP contribution < -0.4 is 0 Å². The van der Waals surface area contributed by atoms with Gasteiger partial charge in [-0.3, -0.25) is 24.1 Å². The van der Waals surface area contributed by atoms with Crippen molar-refractivity contribution in [1.82, 2.24) is 14.7 Å². The molecule has 5 atom stereocenters. The monoisotopic (exact) mass is 1570 g/mol. The first kappa shape index (κ1) is 82.6. The number of ether oxygens (including phenoxy) is 3. The van der Waals surface area contributed by atoms with Gasteiger partial charge >= 0.3 is 30.2 Å². The molecule has 0 saturated heterocycles. The van der Waals surface area contributed by atoms with Gasteiger partial charge in [0.2, 0.25) is 8.32 Å². The van der Waals surface area contributed by atoms with Gasteiger partial charge in [0.05, 0.1) is 23.9 Å². The third-order valence-corrected chi connectivity index (χ3v) is 22.6. The van der Waals surface area contributed by atoms with E-state index in [1.54, 1.807) is 14.1 Å². The van der Waals surface area contributed by atoms with Crippen LogP contribution in [0, 0.1) is 11.8 Å². The third kappa shape index (κ3) is 20.8. The van der Waals surface area contributed by atoms with E-state index in [4.69, 9.17) is 18.6 Å². The number of ketones is 2. The number of carboxylic acid groups (broad SMARTS) is 2. The van der Waals surface area contributed by atoms with Gasteiger partial charge in [-0.15, -0.1) is 0 Å². The molecule has 0 fully saturated rings.